The van der Waals surface area contributed by atoms with Gasteiger partial charge in [0.25, 0.3) is 5.69 Å². The summed E-state index contributed by atoms with van der Waals surface area (Å²) in [7, 11) is 0. The van der Waals surface area contributed by atoms with Gasteiger partial charge in [-0.05, 0) is 6.92 Å². The molecule has 0 saturated carbocycles. The monoisotopic (exact) mass is 224 g/mol. The first-order chi connectivity index (χ1) is 7.52. The van der Waals surface area contributed by atoms with Crippen LogP contribution >= 0.6 is 0 Å². The first kappa shape index (κ1) is 12.1. The van der Waals surface area contributed by atoms with Gasteiger partial charge in [0.2, 0.25) is 0 Å². The second-order valence-corrected chi connectivity index (χ2v) is 3.31. The van der Waals surface area contributed by atoms with E-state index in [-0.39, 0.29) is 18.3 Å². The maximum atomic E-state index is 10.7. The minimum Gasteiger partial charge on any atom is -0.480 e. The fourth-order valence-electron chi connectivity index (χ4n) is 1.37. The van der Waals surface area contributed by atoms with Crippen LogP contribution in [0.1, 0.15) is 18.5 Å². The van der Waals surface area contributed by atoms with Gasteiger partial charge in [0.05, 0.1) is 11.5 Å². The highest BCUT2D eigenvalue weighted by Gasteiger charge is 2.17. The van der Waals surface area contributed by atoms with Crippen LogP contribution in [-0.4, -0.2) is 22.5 Å². The standard InChI is InChI=1S/C10H12N2O4/c1-7(11-6-10(13)14)8-4-2-3-5-9(8)12(15)16/h2-5,7,11H,6H2,1H3,(H,13,14). The average molecular weight is 224 g/mol. The highest BCUT2D eigenvalue weighted by molar-refractivity contribution is 5.69. The van der Waals surface area contributed by atoms with Gasteiger partial charge >= 0.3 is 5.97 Å². The molecule has 1 aromatic carbocycles. The summed E-state index contributed by atoms with van der Waals surface area (Å²) in [6.07, 6.45) is 0. The van der Waals surface area contributed by atoms with Gasteiger partial charge in [-0.1, -0.05) is 18.2 Å². The fourth-order valence-corrected chi connectivity index (χ4v) is 1.37. The van der Waals surface area contributed by atoms with Gasteiger partial charge in [-0.15, -0.1) is 0 Å². The SMILES string of the molecule is CC(NCC(=O)O)c1ccccc1[N+](=O)[O-]. The third-order valence-electron chi connectivity index (χ3n) is 2.16. The summed E-state index contributed by atoms with van der Waals surface area (Å²) in [5.74, 6) is -0.995. The van der Waals surface area contributed by atoms with E-state index in [1.165, 1.54) is 6.07 Å². The largest absolute Gasteiger partial charge is 0.480 e. The number of nitro groups is 1. The number of nitrogens with one attached hydrogen (secondary N) is 1. The molecule has 86 valence electrons. The van der Waals surface area contributed by atoms with E-state index >= 15 is 0 Å². The van der Waals surface area contributed by atoms with E-state index < -0.39 is 10.9 Å². The highest BCUT2D eigenvalue weighted by Crippen LogP contribution is 2.23. The number of hydrogen-bond donors (Lipinski definition) is 2. The summed E-state index contributed by atoms with van der Waals surface area (Å²) in [6.45, 7) is 1.46. The molecular weight excluding hydrogens is 212 g/mol. The molecule has 6 heteroatoms. The van der Waals surface area contributed by atoms with E-state index in [2.05, 4.69) is 5.32 Å². The van der Waals surface area contributed by atoms with Crippen LogP contribution < -0.4 is 5.32 Å². The van der Waals surface area contributed by atoms with Crippen molar-refractivity contribution < 1.29 is 14.8 Å². The predicted molar refractivity (Wildman–Crippen MR) is 57.1 cm³/mol. The van der Waals surface area contributed by atoms with Crippen LogP contribution in [-0.2, 0) is 4.79 Å². The molecule has 0 heterocycles. The maximum Gasteiger partial charge on any atom is 0.317 e. The molecule has 2 N–H and O–H groups in total. The van der Waals surface area contributed by atoms with Crippen molar-refractivity contribution in [2.45, 2.75) is 13.0 Å². The van der Waals surface area contributed by atoms with Crippen LogP contribution in [0.4, 0.5) is 5.69 Å². The predicted octanol–water partition coefficient (Wildman–Crippen LogP) is 1.33. The van der Waals surface area contributed by atoms with Crippen LogP contribution in [0.25, 0.3) is 0 Å². The van der Waals surface area contributed by atoms with Crippen molar-refractivity contribution in [2.24, 2.45) is 0 Å². The molecule has 0 bridgehead atoms. The summed E-state index contributed by atoms with van der Waals surface area (Å²) >= 11 is 0. The Morgan fingerprint density at radius 1 is 1.56 bits per heavy atom. The number of nitrogens with zero attached hydrogens (tertiary/aromatic N) is 1. The van der Waals surface area contributed by atoms with Crippen molar-refractivity contribution in [3.63, 3.8) is 0 Å². The number of carboxylic acid groups (broad SMARTS) is 1. The Labute approximate surface area is 92.0 Å². The summed E-state index contributed by atoms with van der Waals surface area (Å²) in [5.41, 5.74) is 0.474. The van der Waals surface area contributed by atoms with Crippen LogP contribution in [0, 0.1) is 10.1 Å². The lowest BCUT2D eigenvalue weighted by molar-refractivity contribution is -0.385. The number of aliphatic carboxylic acids is 1. The van der Waals surface area contributed by atoms with Crippen LogP contribution in [0.15, 0.2) is 24.3 Å². The summed E-state index contributed by atoms with van der Waals surface area (Å²) in [4.78, 5) is 20.6. The van der Waals surface area contributed by atoms with Gasteiger partial charge < -0.3 is 10.4 Å². The molecule has 6 nitrogen and oxygen atoms in total. The van der Waals surface area contributed by atoms with Gasteiger partial charge in [0, 0.05) is 17.7 Å². The van der Waals surface area contributed by atoms with E-state index in [1.54, 1.807) is 25.1 Å². The van der Waals surface area contributed by atoms with Crippen molar-refractivity contribution in [1.29, 1.82) is 0 Å². The lowest BCUT2D eigenvalue weighted by Crippen LogP contribution is -2.26. The third kappa shape index (κ3) is 3.03. The molecule has 0 aliphatic heterocycles. The van der Waals surface area contributed by atoms with E-state index in [1.807, 2.05) is 0 Å². The molecule has 1 unspecified atom stereocenters. The molecule has 0 aliphatic carbocycles. The normalized spacial score (nSPS) is 12.1. The smallest absolute Gasteiger partial charge is 0.317 e. The number of rotatable bonds is 5. The minimum absolute atomic E-state index is 0.00658. The fraction of sp³-hybridized carbons (Fsp3) is 0.300. The number of carboxylic acids is 1. The molecule has 0 aliphatic rings. The van der Waals surface area contributed by atoms with E-state index in [4.69, 9.17) is 5.11 Å². The number of hydrogen-bond acceptors (Lipinski definition) is 4. The van der Waals surface area contributed by atoms with E-state index in [0.29, 0.717) is 5.56 Å². The number of carbonyl (C=O) groups is 1. The Bertz CT molecular complexity index is 406. The Kier molecular flexibility index (Phi) is 3.96. The Morgan fingerprint density at radius 2 is 2.19 bits per heavy atom. The Hall–Kier alpha value is -1.95. The second kappa shape index (κ2) is 5.22. The van der Waals surface area contributed by atoms with Crippen LogP contribution in [0.5, 0.6) is 0 Å². The molecule has 0 saturated heterocycles. The zero-order valence-electron chi connectivity index (χ0n) is 8.71. The first-order valence-electron chi connectivity index (χ1n) is 4.71. The van der Waals surface area contributed by atoms with Gasteiger partial charge in [0.15, 0.2) is 0 Å². The maximum absolute atomic E-state index is 10.7. The summed E-state index contributed by atoms with van der Waals surface area (Å²) in [6, 6.07) is 5.89. The summed E-state index contributed by atoms with van der Waals surface area (Å²) in [5, 5.41) is 21.9. The topological polar surface area (TPSA) is 92.5 Å². The van der Waals surface area contributed by atoms with Crippen LogP contribution in [0.3, 0.4) is 0 Å². The molecule has 0 aromatic heterocycles. The number of benzene rings is 1. The molecule has 1 atom stereocenters. The molecule has 0 radical (unpaired) electrons. The van der Waals surface area contributed by atoms with E-state index in [9.17, 15) is 14.9 Å². The van der Waals surface area contributed by atoms with Gasteiger partial charge in [0.1, 0.15) is 0 Å². The molecule has 16 heavy (non-hydrogen) atoms. The average Bonchev–Trinajstić information content (AvgIpc) is 2.25. The zero-order valence-corrected chi connectivity index (χ0v) is 8.71. The quantitative estimate of drug-likeness (QED) is 0.581. The van der Waals surface area contributed by atoms with Gasteiger partial charge in [-0.2, -0.15) is 0 Å². The number of para-hydroxylation sites is 1. The molecule has 1 aromatic rings. The number of nitro benzene ring substituents is 1. The molecular formula is C10H12N2O4. The Morgan fingerprint density at radius 3 is 2.75 bits per heavy atom. The van der Waals surface area contributed by atoms with E-state index in [0.717, 1.165) is 0 Å². The molecule has 0 amide bonds. The van der Waals surface area contributed by atoms with Gasteiger partial charge in [-0.25, -0.2) is 0 Å². The van der Waals surface area contributed by atoms with Crippen molar-refractivity contribution in [2.75, 3.05) is 6.54 Å². The van der Waals surface area contributed by atoms with Crippen LogP contribution in [0.2, 0.25) is 0 Å². The van der Waals surface area contributed by atoms with Gasteiger partial charge in [-0.3, -0.25) is 14.9 Å². The van der Waals surface area contributed by atoms with Crippen molar-refractivity contribution in [1.82, 2.24) is 5.32 Å². The molecule has 0 spiro atoms. The third-order valence-corrected chi connectivity index (χ3v) is 2.16. The highest BCUT2D eigenvalue weighted by atomic mass is 16.6. The first-order valence-corrected chi connectivity index (χ1v) is 4.71. The summed E-state index contributed by atoms with van der Waals surface area (Å²) < 4.78 is 0. The minimum atomic E-state index is -0.995. The molecule has 1 rings (SSSR count). The lowest BCUT2D eigenvalue weighted by atomic mass is 10.1. The Balaban J connectivity index is 2.85. The zero-order chi connectivity index (χ0) is 12.1. The lowest BCUT2D eigenvalue weighted by Gasteiger charge is -2.12. The molecule has 0 fully saturated rings. The second-order valence-electron chi connectivity index (χ2n) is 3.31. The van der Waals surface area contributed by atoms with Crippen molar-refractivity contribution in [3.8, 4) is 0 Å². The van der Waals surface area contributed by atoms with Crippen molar-refractivity contribution >= 4 is 11.7 Å². The van der Waals surface area contributed by atoms with Crippen molar-refractivity contribution in [3.05, 3.63) is 39.9 Å².